The van der Waals surface area contributed by atoms with E-state index in [1.807, 2.05) is 6.92 Å². The molecule has 0 aliphatic heterocycles. The van der Waals surface area contributed by atoms with E-state index in [4.69, 9.17) is 10.8 Å². The second kappa shape index (κ2) is 4.09. The smallest absolute Gasteiger partial charge is 0.0741 e. The van der Waals surface area contributed by atoms with E-state index in [2.05, 4.69) is 0 Å². The Morgan fingerprint density at radius 1 is 1.56 bits per heavy atom. The van der Waals surface area contributed by atoms with Crippen LogP contribution in [0.15, 0.2) is 0 Å². The van der Waals surface area contributed by atoms with Crippen molar-refractivity contribution in [1.82, 2.24) is 0 Å². The molecule has 0 saturated carbocycles. The SMILES string of the molecule is CC[C@@H](N)C(C)(C)O.Cl. The molecule has 0 aromatic carbocycles. The van der Waals surface area contributed by atoms with Crippen molar-refractivity contribution >= 4 is 12.4 Å². The van der Waals surface area contributed by atoms with E-state index in [1.165, 1.54) is 0 Å². The highest BCUT2D eigenvalue weighted by molar-refractivity contribution is 5.85. The van der Waals surface area contributed by atoms with Gasteiger partial charge in [-0.05, 0) is 20.3 Å². The molecule has 0 bridgehead atoms. The van der Waals surface area contributed by atoms with E-state index in [0.29, 0.717) is 0 Å². The van der Waals surface area contributed by atoms with Gasteiger partial charge in [-0.3, -0.25) is 0 Å². The van der Waals surface area contributed by atoms with E-state index in [-0.39, 0.29) is 18.4 Å². The number of halogens is 1. The Kier molecular flexibility index (Phi) is 5.43. The van der Waals surface area contributed by atoms with Crippen LogP contribution in [0, 0.1) is 0 Å². The summed E-state index contributed by atoms with van der Waals surface area (Å²) in [5.74, 6) is 0. The molecule has 0 heterocycles. The molecule has 3 N–H and O–H groups in total. The van der Waals surface area contributed by atoms with Gasteiger partial charge in [0.2, 0.25) is 0 Å². The summed E-state index contributed by atoms with van der Waals surface area (Å²) >= 11 is 0. The van der Waals surface area contributed by atoms with Crippen molar-refractivity contribution in [3.63, 3.8) is 0 Å². The molecule has 0 unspecified atom stereocenters. The number of hydrogen-bond acceptors (Lipinski definition) is 2. The Morgan fingerprint density at radius 2 is 1.89 bits per heavy atom. The van der Waals surface area contributed by atoms with Crippen LogP contribution in [0.1, 0.15) is 27.2 Å². The van der Waals surface area contributed by atoms with Crippen LogP contribution in [0.5, 0.6) is 0 Å². The minimum atomic E-state index is -0.714. The molecule has 0 aliphatic carbocycles. The van der Waals surface area contributed by atoms with Crippen LogP contribution < -0.4 is 5.73 Å². The molecule has 58 valence electrons. The van der Waals surface area contributed by atoms with Crippen LogP contribution in [0.3, 0.4) is 0 Å². The third kappa shape index (κ3) is 4.70. The van der Waals surface area contributed by atoms with E-state index in [1.54, 1.807) is 13.8 Å². The van der Waals surface area contributed by atoms with Crippen molar-refractivity contribution in [3.05, 3.63) is 0 Å². The van der Waals surface area contributed by atoms with E-state index < -0.39 is 5.60 Å². The first-order chi connectivity index (χ1) is 3.48. The molecule has 0 aromatic heterocycles. The number of aliphatic hydroxyl groups is 1. The van der Waals surface area contributed by atoms with Crippen molar-refractivity contribution in [2.45, 2.75) is 38.8 Å². The fourth-order valence-electron chi connectivity index (χ4n) is 0.500. The lowest BCUT2D eigenvalue weighted by Gasteiger charge is -2.23. The number of nitrogens with two attached hydrogens (primary N) is 1. The first-order valence-electron chi connectivity index (χ1n) is 2.96. The Morgan fingerprint density at radius 3 is 1.89 bits per heavy atom. The topological polar surface area (TPSA) is 46.2 Å². The van der Waals surface area contributed by atoms with Crippen LogP contribution >= 0.6 is 12.4 Å². The highest BCUT2D eigenvalue weighted by Crippen LogP contribution is 2.07. The molecule has 1 atom stereocenters. The lowest BCUT2D eigenvalue weighted by molar-refractivity contribution is 0.0508. The molecule has 2 nitrogen and oxygen atoms in total. The number of rotatable bonds is 2. The zero-order chi connectivity index (χ0) is 6.78. The third-order valence-electron chi connectivity index (χ3n) is 1.35. The van der Waals surface area contributed by atoms with Gasteiger partial charge in [-0.2, -0.15) is 0 Å². The standard InChI is InChI=1S/C6H15NO.ClH/c1-4-5(7)6(2,3)8;/h5,8H,4,7H2,1-3H3;1H/t5-;/m1./s1. The molecule has 0 aromatic rings. The summed E-state index contributed by atoms with van der Waals surface area (Å²) in [6, 6.07) is -0.0949. The molecule has 0 rings (SSSR count). The second-order valence-corrected chi connectivity index (χ2v) is 2.67. The predicted octanol–water partition coefficient (Wildman–Crippen LogP) is 0.916. The summed E-state index contributed by atoms with van der Waals surface area (Å²) in [4.78, 5) is 0. The molecular formula is C6H16ClNO. The third-order valence-corrected chi connectivity index (χ3v) is 1.35. The Hall–Kier alpha value is 0.210. The lowest BCUT2D eigenvalue weighted by Crippen LogP contribution is -2.42. The van der Waals surface area contributed by atoms with Gasteiger partial charge in [0.25, 0.3) is 0 Å². The maximum atomic E-state index is 9.16. The average molecular weight is 154 g/mol. The van der Waals surface area contributed by atoms with Crippen LogP contribution in [0.25, 0.3) is 0 Å². The van der Waals surface area contributed by atoms with Crippen molar-refractivity contribution in [3.8, 4) is 0 Å². The fraction of sp³-hybridized carbons (Fsp3) is 1.00. The molecule has 0 saturated heterocycles. The zero-order valence-electron chi connectivity index (χ0n) is 6.22. The van der Waals surface area contributed by atoms with Gasteiger partial charge >= 0.3 is 0 Å². The van der Waals surface area contributed by atoms with Gasteiger partial charge in [-0.25, -0.2) is 0 Å². The van der Waals surface area contributed by atoms with Crippen LogP contribution in [0.4, 0.5) is 0 Å². The van der Waals surface area contributed by atoms with Gasteiger partial charge in [0, 0.05) is 6.04 Å². The Balaban J connectivity index is 0. The van der Waals surface area contributed by atoms with Crippen molar-refractivity contribution in [2.75, 3.05) is 0 Å². The van der Waals surface area contributed by atoms with Crippen molar-refractivity contribution in [1.29, 1.82) is 0 Å². The van der Waals surface area contributed by atoms with Crippen LogP contribution in [-0.4, -0.2) is 16.7 Å². The second-order valence-electron chi connectivity index (χ2n) is 2.67. The molecule has 0 fully saturated rings. The maximum Gasteiger partial charge on any atom is 0.0741 e. The monoisotopic (exact) mass is 153 g/mol. The molecular weight excluding hydrogens is 138 g/mol. The van der Waals surface area contributed by atoms with E-state index in [0.717, 1.165) is 6.42 Å². The normalized spacial score (nSPS) is 14.3. The van der Waals surface area contributed by atoms with Crippen molar-refractivity contribution in [2.24, 2.45) is 5.73 Å². The number of hydrogen-bond donors (Lipinski definition) is 2. The predicted molar refractivity (Wildman–Crippen MR) is 41.8 cm³/mol. The summed E-state index contributed by atoms with van der Waals surface area (Å²) in [5, 5.41) is 9.16. The van der Waals surface area contributed by atoms with Crippen LogP contribution in [0.2, 0.25) is 0 Å². The molecule has 0 aliphatic rings. The Bertz CT molecular complexity index is 69.9. The molecule has 9 heavy (non-hydrogen) atoms. The van der Waals surface area contributed by atoms with Gasteiger partial charge < -0.3 is 10.8 Å². The van der Waals surface area contributed by atoms with Crippen LogP contribution in [-0.2, 0) is 0 Å². The summed E-state index contributed by atoms with van der Waals surface area (Å²) in [5.41, 5.74) is 4.79. The summed E-state index contributed by atoms with van der Waals surface area (Å²) < 4.78 is 0. The summed E-state index contributed by atoms with van der Waals surface area (Å²) in [6.07, 6.45) is 0.823. The quantitative estimate of drug-likeness (QED) is 0.620. The zero-order valence-corrected chi connectivity index (χ0v) is 7.03. The van der Waals surface area contributed by atoms with E-state index >= 15 is 0 Å². The van der Waals surface area contributed by atoms with Crippen molar-refractivity contribution < 1.29 is 5.11 Å². The van der Waals surface area contributed by atoms with Gasteiger partial charge in [-0.1, -0.05) is 6.92 Å². The van der Waals surface area contributed by atoms with Gasteiger partial charge in [0.1, 0.15) is 0 Å². The minimum absolute atomic E-state index is 0. The highest BCUT2D eigenvalue weighted by Gasteiger charge is 2.19. The fourth-order valence-corrected chi connectivity index (χ4v) is 0.500. The molecule has 0 radical (unpaired) electrons. The minimum Gasteiger partial charge on any atom is -0.389 e. The van der Waals surface area contributed by atoms with E-state index in [9.17, 15) is 0 Å². The van der Waals surface area contributed by atoms with Gasteiger partial charge in [0.05, 0.1) is 5.60 Å². The molecule has 0 spiro atoms. The largest absolute Gasteiger partial charge is 0.389 e. The van der Waals surface area contributed by atoms with Gasteiger partial charge in [-0.15, -0.1) is 12.4 Å². The van der Waals surface area contributed by atoms with Gasteiger partial charge in [0.15, 0.2) is 0 Å². The average Bonchev–Trinajstić information content (AvgIpc) is 1.62. The maximum absolute atomic E-state index is 9.16. The first kappa shape index (κ1) is 11.9. The highest BCUT2D eigenvalue weighted by atomic mass is 35.5. The summed E-state index contributed by atoms with van der Waals surface area (Å²) in [7, 11) is 0. The molecule has 3 heteroatoms. The Labute approximate surface area is 62.9 Å². The molecule has 0 amide bonds. The lowest BCUT2D eigenvalue weighted by atomic mass is 9.98. The summed E-state index contributed by atoms with van der Waals surface area (Å²) in [6.45, 7) is 5.41. The first-order valence-corrected chi connectivity index (χ1v) is 2.96.